The van der Waals surface area contributed by atoms with Crippen molar-refractivity contribution in [1.29, 1.82) is 0 Å². The summed E-state index contributed by atoms with van der Waals surface area (Å²) in [7, 11) is -3.96. The lowest BCUT2D eigenvalue weighted by atomic mass is 10.1. The van der Waals surface area contributed by atoms with Gasteiger partial charge in [0.2, 0.25) is 10.0 Å². The fraction of sp³-hybridized carbons (Fsp3) is 0.696. The van der Waals surface area contributed by atoms with Crippen molar-refractivity contribution in [2.75, 3.05) is 26.7 Å². The third kappa shape index (κ3) is 7.27. The van der Waals surface area contributed by atoms with Gasteiger partial charge >= 0.3 is 6.09 Å². The van der Waals surface area contributed by atoms with E-state index in [4.69, 9.17) is 9.16 Å². The second-order valence-corrected chi connectivity index (χ2v) is 19.0. The van der Waals surface area contributed by atoms with Gasteiger partial charge in [-0.1, -0.05) is 42.8 Å². The number of sulfonamides is 1. The van der Waals surface area contributed by atoms with Gasteiger partial charge in [-0.25, -0.2) is 13.2 Å². The molecule has 1 saturated heterocycles. The highest BCUT2D eigenvalue weighted by molar-refractivity contribution is 9.10. The number of carbonyl (C=O) groups is 1. The van der Waals surface area contributed by atoms with E-state index in [9.17, 15) is 13.2 Å². The number of hydrogen-bond donors (Lipinski definition) is 0. The van der Waals surface area contributed by atoms with Crippen LogP contribution in [0.1, 0.15) is 47.1 Å². The molecule has 0 aliphatic carbocycles. The van der Waals surface area contributed by atoms with Gasteiger partial charge in [-0.05, 0) is 56.6 Å². The van der Waals surface area contributed by atoms with Crippen molar-refractivity contribution in [3.63, 3.8) is 0 Å². The molecule has 2 rings (SSSR count). The molecular formula is C23H39BrN2O5SSi. The number of ether oxygens (including phenoxy) is 1. The van der Waals surface area contributed by atoms with Gasteiger partial charge in [0.05, 0.1) is 4.90 Å². The van der Waals surface area contributed by atoms with Gasteiger partial charge in [-0.15, -0.1) is 0 Å². The van der Waals surface area contributed by atoms with E-state index in [1.54, 1.807) is 46.0 Å². The van der Waals surface area contributed by atoms with Gasteiger partial charge in [-0.3, -0.25) is 0 Å². The van der Waals surface area contributed by atoms with Crippen molar-refractivity contribution >= 4 is 40.4 Å². The molecular weight excluding hydrogens is 524 g/mol. The maximum Gasteiger partial charge on any atom is 0.410 e. The van der Waals surface area contributed by atoms with Crippen molar-refractivity contribution in [2.24, 2.45) is 5.92 Å². The maximum atomic E-state index is 13.4. The minimum atomic E-state index is -3.70. The summed E-state index contributed by atoms with van der Waals surface area (Å²) in [5.41, 5.74) is -0.0773. The molecule has 0 unspecified atom stereocenters. The fourth-order valence-electron chi connectivity index (χ4n) is 3.06. The Bertz CT molecular complexity index is 964. The molecule has 1 amide bonds. The average molecular weight is 564 g/mol. The van der Waals surface area contributed by atoms with Crippen LogP contribution in [0.2, 0.25) is 18.1 Å². The van der Waals surface area contributed by atoms with Crippen molar-refractivity contribution in [3.8, 4) is 0 Å². The monoisotopic (exact) mass is 562 g/mol. The molecule has 1 aromatic carbocycles. The molecule has 1 fully saturated rings. The van der Waals surface area contributed by atoms with Crippen LogP contribution < -0.4 is 0 Å². The number of nitrogens with zero attached hydrogens (tertiary/aromatic N) is 2. The van der Waals surface area contributed by atoms with Gasteiger partial charge < -0.3 is 14.1 Å². The summed E-state index contributed by atoms with van der Waals surface area (Å²) in [4.78, 5) is 14.0. The first-order chi connectivity index (χ1) is 14.8. The van der Waals surface area contributed by atoms with Crippen LogP contribution in [0.25, 0.3) is 0 Å². The number of benzene rings is 1. The standard InChI is InChI=1S/C23H39BrN2O5SSi/c1-22(2,3)31-21(27)25(7)15-18-10-11-19(24)12-20(18)32(28,29)26-13-17(14-26)16-30-33(8,9)23(4,5)6/h10-12,17H,13-16H2,1-9H3. The molecule has 1 aliphatic heterocycles. The first-order valence-corrected chi connectivity index (χ1v) is 16.3. The third-order valence-electron chi connectivity index (χ3n) is 6.17. The predicted molar refractivity (Wildman–Crippen MR) is 137 cm³/mol. The normalized spacial score (nSPS) is 16.4. The van der Waals surface area contributed by atoms with Crippen LogP contribution in [0.5, 0.6) is 0 Å². The molecule has 33 heavy (non-hydrogen) atoms. The molecule has 0 saturated carbocycles. The van der Waals surface area contributed by atoms with E-state index in [2.05, 4.69) is 49.8 Å². The quantitative estimate of drug-likeness (QED) is 0.412. The van der Waals surface area contributed by atoms with Gasteiger partial charge in [0.15, 0.2) is 8.32 Å². The van der Waals surface area contributed by atoms with E-state index in [1.165, 1.54) is 9.21 Å². The summed E-state index contributed by atoms with van der Waals surface area (Å²) in [6.45, 7) is 18.0. The number of carbonyl (C=O) groups excluding carboxylic acids is 1. The number of hydrogen-bond acceptors (Lipinski definition) is 5. The molecule has 10 heteroatoms. The molecule has 188 valence electrons. The molecule has 1 aromatic rings. The Balaban J connectivity index is 2.11. The largest absolute Gasteiger partial charge is 0.444 e. The van der Waals surface area contributed by atoms with Gasteiger partial charge in [-0.2, -0.15) is 4.31 Å². The average Bonchev–Trinajstić information content (AvgIpc) is 2.59. The highest BCUT2D eigenvalue weighted by atomic mass is 79.9. The second-order valence-electron chi connectivity index (χ2n) is 11.3. The minimum absolute atomic E-state index is 0.119. The third-order valence-corrected chi connectivity index (χ3v) is 13.1. The van der Waals surface area contributed by atoms with Crippen LogP contribution in [0, 0.1) is 5.92 Å². The Kier molecular flexibility index (Phi) is 8.55. The Labute approximate surface area is 209 Å². The lowest BCUT2D eigenvalue weighted by Gasteiger charge is -2.42. The first kappa shape index (κ1) is 28.3. The summed E-state index contributed by atoms with van der Waals surface area (Å²) >= 11 is 3.39. The predicted octanol–water partition coefficient (Wildman–Crippen LogP) is 5.46. The van der Waals surface area contributed by atoms with Crippen LogP contribution in [-0.4, -0.2) is 64.4 Å². The zero-order chi connectivity index (χ0) is 25.4. The molecule has 0 N–H and O–H groups in total. The van der Waals surface area contributed by atoms with Gasteiger partial charge in [0, 0.05) is 43.7 Å². The lowest BCUT2D eigenvalue weighted by molar-refractivity contribution is 0.0283. The van der Waals surface area contributed by atoms with Crippen LogP contribution >= 0.6 is 15.9 Å². The van der Waals surface area contributed by atoms with E-state index in [0.717, 1.165) is 0 Å². The number of rotatable bonds is 7. The summed E-state index contributed by atoms with van der Waals surface area (Å²) in [6, 6.07) is 5.12. The van der Waals surface area contributed by atoms with E-state index in [1.807, 2.05) is 0 Å². The van der Waals surface area contributed by atoms with E-state index >= 15 is 0 Å². The van der Waals surface area contributed by atoms with Crippen molar-refractivity contribution < 1.29 is 22.4 Å². The smallest absolute Gasteiger partial charge is 0.410 e. The molecule has 0 aromatic heterocycles. The van der Waals surface area contributed by atoms with Gasteiger partial charge in [0.25, 0.3) is 0 Å². The first-order valence-electron chi connectivity index (χ1n) is 11.2. The zero-order valence-electron chi connectivity index (χ0n) is 21.4. The minimum Gasteiger partial charge on any atom is -0.444 e. The fourth-order valence-corrected chi connectivity index (χ4v) is 6.50. The van der Waals surface area contributed by atoms with Crippen molar-refractivity contribution in [2.45, 2.75) is 76.7 Å². The second kappa shape index (κ2) is 9.97. The summed E-state index contributed by atoms with van der Waals surface area (Å²) in [6.07, 6.45) is -0.499. The topological polar surface area (TPSA) is 76.2 Å². The summed E-state index contributed by atoms with van der Waals surface area (Å²) in [5, 5.41) is 0.119. The Morgan fingerprint density at radius 3 is 2.27 bits per heavy atom. The molecule has 1 aliphatic rings. The Morgan fingerprint density at radius 1 is 1.18 bits per heavy atom. The molecule has 0 bridgehead atoms. The van der Waals surface area contributed by atoms with Crippen molar-refractivity contribution in [3.05, 3.63) is 28.2 Å². The van der Waals surface area contributed by atoms with E-state index in [-0.39, 0.29) is 22.4 Å². The summed E-state index contributed by atoms with van der Waals surface area (Å²) in [5.74, 6) is 0.189. The molecule has 0 radical (unpaired) electrons. The van der Waals surface area contributed by atoms with Crippen LogP contribution in [0.4, 0.5) is 4.79 Å². The molecule has 1 heterocycles. The van der Waals surface area contributed by atoms with Crippen LogP contribution in [0.3, 0.4) is 0 Å². The van der Waals surface area contributed by atoms with E-state index in [0.29, 0.717) is 29.7 Å². The van der Waals surface area contributed by atoms with Crippen LogP contribution in [0.15, 0.2) is 27.6 Å². The molecule has 0 spiro atoms. The Morgan fingerprint density at radius 2 is 1.76 bits per heavy atom. The summed E-state index contributed by atoms with van der Waals surface area (Å²) < 4.78 is 40.7. The molecule has 7 nitrogen and oxygen atoms in total. The zero-order valence-corrected chi connectivity index (χ0v) is 24.8. The number of amides is 1. The van der Waals surface area contributed by atoms with Gasteiger partial charge in [0.1, 0.15) is 5.60 Å². The van der Waals surface area contributed by atoms with E-state index < -0.39 is 30.0 Å². The van der Waals surface area contributed by atoms with Crippen molar-refractivity contribution in [1.82, 2.24) is 9.21 Å². The SMILES string of the molecule is CN(Cc1ccc(Br)cc1S(=O)(=O)N1CC(CO[Si](C)(C)C(C)(C)C)C1)C(=O)OC(C)(C)C. The lowest BCUT2D eigenvalue weighted by Crippen LogP contribution is -2.53. The highest BCUT2D eigenvalue weighted by Crippen LogP contribution is 2.38. The molecule has 0 atom stereocenters. The van der Waals surface area contributed by atoms with Crippen LogP contribution in [-0.2, 0) is 25.7 Å². The Hall–Kier alpha value is -0.943. The number of halogens is 1. The maximum absolute atomic E-state index is 13.4. The highest BCUT2D eigenvalue weighted by Gasteiger charge is 2.42.